The first-order valence-electron chi connectivity index (χ1n) is 12.6. The SMILES string of the molecule is COCCCOc1cc(/C=C(/C[C@@H]2CNC[C@H]2NS(=O)(=O)Cc2ccccc2)C(C)C)ccc1OC. The Morgan fingerprint density at radius 3 is 2.56 bits per heavy atom. The van der Waals surface area contributed by atoms with E-state index in [9.17, 15) is 8.42 Å². The molecule has 0 amide bonds. The third-order valence-electron chi connectivity index (χ3n) is 6.40. The molecule has 1 aliphatic rings. The third kappa shape index (κ3) is 8.62. The minimum Gasteiger partial charge on any atom is -0.493 e. The molecule has 3 rings (SSSR count). The average Bonchev–Trinajstić information content (AvgIpc) is 3.27. The van der Waals surface area contributed by atoms with Crippen LogP contribution >= 0.6 is 0 Å². The van der Waals surface area contributed by atoms with Crippen LogP contribution in [0.5, 0.6) is 11.5 Å². The molecule has 2 aromatic carbocycles. The molecule has 0 spiro atoms. The van der Waals surface area contributed by atoms with Crippen LogP contribution in [0.25, 0.3) is 6.08 Å². The summed E-state index contributed by atoms with van der Waals surface area (Å²) in [6.45, 7) is 6.95. The van der Waals surface area contributed by atoms with Crippen molar-refractivity contribution in [3.05, 3.63) is 65.2 Å². The van der Waals surface area contributed by atoms with Gasteiger partial charge in [-0.3, -0.25) is 0 Å². The van der Waals surface area contributed by atoms with E-state index >= 15 is 0 Å². The van der Waals surface area contributed by atoms with Crippen molar-refractivity contribution in [1.82, 2.24) is 10.0 Å². The van der Waals surface area contributed by atoms with E-state index in [0.717, 1.165) is 30.5 Å². The largest absolute Gasteiger partial charge is 0.493 e. The number of hydrogen-bond donors (Lipinski definition) is 2. The Balaban J connectivity index is 1.71. The van der Waals surface area contributed by atoms with Crippen LogP contribution in [-0.2, 0) is 20.5 Å². The van der Waals surface area contributed by atoms with E-state index in [1.807, 2.05) is 48.5 Å². The van der Waals surface area contributed by atoms with E-state index in [4.69, 9.17) is 14.2 Å². The van der Waals surface area contributed by atoms with Gasteiger partial charge in [0.15, 0.2) is 11.5 Å². The molecular weight excluding hydrogens is 476 g/mol. The predicted molar refractivity (Wildman–Crippen MR) is 145 cm³/mol. The Kier molecular flexibility index (Phi) is 10.8. The molecule has 0 aliphatic carbocycles. The maximum atomic E-state index is 12.9. The van der Waals surface area contributed by atoms with E-state index in [2.05, 4.69) is 30.0 Å². The first-order valence-corrected chi connectivity index (χ1v) is 14.2. The summed E-state index contributed by atoms with van der Waals surface area (Å²) in [5, 5.41) is 3.37. The molecule has 0 aromatic heterocycles. The van der Waals surface area contributed by atoms with Crippen LogP contribution in [0, 0.1) is 11.8 Å². The number of hydrogen-bond acceptors (Lipinski definition) is 6. The quantitative estimate of drug-likeness (QED) is 0.365. The zero-order chi connectivity index (χ0) is 26.0. The Bertz CT molecular complexity index is 1090. The van der Waals surface area contributed by atoms with Crippen molar-refractivity contribution in [3.8, 4) is 11.5 Å². The van der Waals surface area contributed by atoms with Gasteiger partial charge in [-0.05, 0) is 48.1 Å². The van der Waals surface area contributed by atoms with Gasteiger partial charge in [-0.15, -0.1) is 0 Å². The van der Waals surface area contributed by atoms with Gasteiger partial charge in [0.25, 0.3) is 0 Å². The molecule has 36 heavy (non-hydrogen) atoms. The van der Waals surface area contributed by atoms with E-state index in [1.165, 1.54) is 5.57 Å². The minimum absolute atomic E-state index is 0.0110. The number of benzene rings is 2. The van der Waals surface area contributed by atoms with E-state index in [0.29, 0.717) is 37.2 Å². The third-order valence-corrected chi connectivity index (χ3v) is 7.78. The first-order chi connectivity index (χ1) is 17.3. The highest BCUT2D eigenvalue weighted by Crippen LogP contribution is 2.31. The van der Waals surface area contributed by atoms with E-state index < -0.39 is 10.0 Å². The second-order valence-electron chi connectivity index (χ2n) is 9.57. The molecule has 1 heterocycles. The Morgan fingerprint density at radius 1 is 1.08 bits per heavy atom. The molecule has 1 saturated heterocycles. The molecule has 0 bridgehead atoms. The number of rotatable bonds is 14. The van der Waals surface area contributed by atoms with Crippen LogP contribution in [0.4, 0.5) is 0 Å². The van der Waals surface area contributed by atoms with Crippen molar-refractivity contribution in [2.24, 2.45) is 11.8 Å². The molecule has 7 nitrogen and oxygen atoms in total. The molecule has 2 aromatic rings. The monoisotopic (exact) mass is 516 g/mol. The molecule has 0 radical (unpaired) electrons. The molecule has 2 atom stereocenters. The zero-order valence-corrected chi connectivity index (χ0v) is 22.6. The fraction of sp³-hybridized carbons (Fsp3) is 0.500. The van der Waals surface area contributed by atoms with Crippen LogP contribution in [0.3, 0.4) is 0 Å². The normalized spacial score (nSPS) is 18.5. The molecule has 198 valence electrons. The molecule has 1 aliphatic heterocycles. The molecule has 0 unspecified atom stereocenters. The number of methoxy groups -OCH3 is 2. The first kappa shape index (κ1) is 28.2. The topological polar surface area (TPSA) is 85.9 Å². The van der Waals surface area contributed by atoms with Gasteiger partial charge in [0.05, 0.1) is 19.5 Å². The maximum Gasteiger partial charge on any atom is 0.216 e. The lowest BCUT2D eigenvalue weighted by molar-refractivity contribution is 0.170. The van der Waals surface area contributed by atoms with Gasteiger partial charge in [0, 0.05) is 32.7 Å². The second-order valence-corrected chi connectivity index (χ2v) is 11.3. The minimum atomic E-state index is -3.44. The fourth-order valence-electron chi connectivity index (χ4n) is 4.41. The summed E-state index contributed by atoms with van der Waals surface area (Å²) in [5.74, 6) is 1.89. The summed E-state index contributed by atoms with van der Waals surface area (Å²) in [6, 6.07) is 15.1. The van der Waals surface area contributed by atoms with E-state index in [-0.39, 0.29) is 17.7 Å². The van der Waals surface area contributed by atoms with Gasteiger partial charge in [-0.2, -0.15) is 0 Å². The average molecular weight is 517 g/mol. The van der Waals surface area contributed by atoms with Crippen LogP contribution in [-0.4, -0.2) is 55.0 Å². The van der Waals surface area contributed by atoms with Crippen molar-refractivity contribution in [2.75, 3.05) is 40.5 Å². The molecule has 8 heteroatoms. The van der Waals surface area contributed by atoms with Gasteiger partial charge in [-0.1, -0.05) is 61.9 Å². The summed E-state index contributed by atoms with van der Waals surface area (Å²) in [7, 11) is -0.125. The lowest BCUT2D eigenvalue weighted by Gasteiger charge is -2.23. The summed E-state index contributed by atoms with van der Waals surface area (Å²) >= 11 is 0. The van der Waals surface area contributed by atoms with Crippen molar-refractivity contribution in [2.45, 2.75) is 38.5 Å². The molecule has 2 N–H and O–H groups in total. The van der Waals surface area contributed by atoms with Crippen molar-refractivity contribution in [1.29, 1.82) is 0 Å². The Morgan fingerprint density at radius 2 is 1.86 bits per heavy atom. The van der Waals surface area contributed by atoms with E-state index in [1.54, 1.807) is 14.2 Å². The standard InChI is InChI=1S/C28H40N2O5S/c1-21(2)24(15-23-11-12-27(34-4)28(16-23)35-14-8-13-33-3)17-25-18-29-19-26(25)30-36(31,32)20-22-9-6-5-7-10-22/h5-7,9-12,15-16,21,25-26,29-30H,8,13-14,17-20H2,1-4H3/b24-15-/t25-,26-/m1/s1. The molecule has 0 saturated carbocycles. The number of ether oxygens (including phenoxy) is 3. The number of nitrogens with one attached hydrogen (secondary N) is 2. The van der Waals surface area contributed by atoms with Crippen LogP contribution in [0.1, 0.15) is 37.8 Å². The van der Waals surface area contributed by atoms with Crippen molar-refractivity contribution in [3.63, 3.8) is 0 Å². The molecular formula is C28H40N2O5S. The summed E-state index contributed by atoms with van der Waals surface area (Å²) in [6.07, 6.45) is 3.80. The van der Waals surface area contributed by atoms with Crippen LogP contribution < -0.4 is 19.5 Å². The summed E-state index contributed by atoms with van der Waals surface area (Å²) in [4.78, 5) is 0. The van der Waals surface area contributed by atoms with Crippen LogP contribution in [0.2, 0.25) is 0 Å². The lowest BCUT2D eigenvalue weighted by Crippen LogP contribution is -2.41. The van der Waals surface area contributed by atoms with Gasteiger partial charge < -0.3 is 19.5 Å². The fourth-order valence-corrected chi connectivity index (χ4v) is 5.86. The maximum absolute atomic E-state index is 12.9. The van der Waals surface area contributed by atoms with Gasteiger partial charge in [0.2, 0.25) is 10.0 Å². The summed E-state index contributed by atoms with van der Waals surface area (Å²) in [5.41, 5.74) is 3.09. The smallest absolute Gasteiger partial charge is 0.216 e. The van der Waals surface area contributed by atoms with Crippen LogP contribution in [0.15, 0.2) is 54.1 Å². The Hall–Kier alpha value is -2.39. The number of sulfonamides is 1. The van der Waals surface area contributed by atoms with Crippen molar-refractivity contribution < 1.29 is 22.6 Å². The molecule has 1 fully saturated rings. The predicted octanol–water partition coefficient (Wildman–Crippen LogP) is 4.25. The summed E-state index contributed by atoms with van der Waals surface area (Å²) < 4.78 is 45.2. The van der Waals surface area contributed by atoms with Gasteiger partial charge >= 0.3 is 0 Å². The van der Waals surface area contributed by atoms with Crippen molar-refractivity contribution >= 4 is 16.1 Å². The van der Waals surface area contributed by atoms with Gasteiger partial charge in [-0.25, -0.2) is 13.1 Å². The zero-order valence-electron chi connectivity index (χ0n) is 21.8. The lowest BCUT2D eigenvalue weighted by atomic mass is 9.88. The highest BCUT2D eigenvalue weighted by atomic mass is 32.2. The highest BCUT2D eigenvalue weighted by molar-refractivity contribution is 7.88. The number of allylic oxidation sites excluding steroid dienone is 1. The Labute approximate surface area is 216 Å². The second kappa shape index (κ2) is 13.8. The van der Waals surface area contributed by atoms with Gasteiger partial charge in [0.1, 0.15) is 0 Å². The highest BCUT2D eigenvalue weighted by Gasteiger charge is 2.31.